The van der Waals surface area contributed by atoms with E-state index in [0.717, 1.165) is 58.8 Å². The van der Waals surface area contributed by atoms with E-state index >= 15 is 0 Å². The predicted molar refractivity (Wildman–Crippen MR) is 97.8 cm³/mol. The van der Waals surface area contributed by atoms with Gasteiger partial charge in [-0.1, -0.05) is 30.3 Å². The summed E-state index contributed by atoms with van der Waals surface area (Å²) in [5, 5.41) is 0. The number of hydrogen-bond acceptors (Lipinski definition) is 4. The van der Waals surface area contributed by atoms with Crippen molar-refractivity contribution < 1.29 is 14.2 Å². The Morgan fingerprint density at radius 2 is 1.88 bits per heavy atom. The van der Waals surface area contributed by atoms with Crippen molar-refractivity contribution in [2.45, 2.75) is 50.4 Å². The fourth-order valence-corrected chi connectivity index (χ4v) is 4.50. The number of hydrogen-bond donors (Lipinski definition) is 0. The van der Waals surface area contributed by atoms with Crippen LogP contribution in [0.5, 0.6) is 0 Å². The highest BCUT2D eigenvalue weighted by Gasteiger charge is 2.44. The first-order valence-corrected chi connectivity index (χ1v) is 9.99. The Labute approximate surface area is 151 Å². The molecule has 4 heteroatoms. The van der Waals surface area contributed by atoms with E-state index in [-0.39, 0.29) is 12.2 Å². The van der Waals surface area contributed by atoms with Crippen LogP contribution in [0.4, 0.5) is 0 Å². The Bertz CT molecular complexity index is 517. The van der Waals surface area contributed by atoms with Crippen LogP contribution in [0.15, 0.2) is 30.3 Å². The SMILES string of the molecule is c1ccc(CCN2C[C@@H](OCC3CCOCC3)[C@@H]3OCCC[C@@H]32)cc1. The molecular formula is C21H31NO3. The molecule has 3 aliphatic heterocycles. The molecule has 0 amide bonds. The Balaban J connectivity index is 1.32. The minimum atomic E-state index is 0.240. The maximum absolute atomic E-state index is 6.37. The van der Waals surface area contributed by atoms with Crippen LogP contribution >= 0.6 is 0 Å². The van der Waals surface area contributed by atoms with E-state index in [0.29, 0.717) is 12.0 Å². The first-order valence-electron chi connectivity index (χ1n) is 9.99. The van der Waals surface area contributed by atoms with Gasteiger partial charge in [-0.3, -0.25) is 4.90 Å². The predicted octanol–water partition coefficient (Wildman–Crippen LogP) is 2.90. The lowest BCUT2D eigenvalue weighted by Gasteiger charge is -2.32. The van der Waals surface area contributed by atoms with E-state index in [2.05, 4.69) is 35.2 Å². The smallest absolute Gasteiger partial charge is 0.100 e. The van der Waals surface area contributed by atoms with Crippen molar-refractivity contribution in [1.29, 1.82) is 0 Å². The van der Waals surface area contributed by atoms with E-state index in [1.807, 2.05) is 0 Å². The summed E-state index contributed by atoms with van der Waals surface area (Å²) in [7, 11) is 0. The Morgan fingerprint density at radius 1 is 1.04 bits per heavy atom. The van der Waals surface area contributed by atoms with Gasteiger partial charge in [-0.25, -0.2) is 0 Å². The molecule has 0 N–H and O–H groups in total. The van der Waals surface area contributed by atoms with Crippen LogP contribution in [0.1, 0.15) is 31.2 Å². The van der Waals surface area contributed by atoms with Crippen molar-refractivity contribution in [2.75, 3.05) is 39.5 Å². The second-order valence-electron chi connectivity index (χ2n) is 7.70. The van der Waals surface area contributed by atoms with Gasteiger partial charge in [0.2, 0.25) is 0 Å². The van der Waals surface area contributed by atoms with Crippen LogP contribution < -0.4 is 0 Å². The summed E-state index contributed by atoms with van der Waals surface area (Å²) < 4.78 is 18.0. The molecule has 1 aromatic rings. The average molecular weight is 345 g/mol. The molecule has 3 heterocycles. The van der Waals surface area contributed by atoms with Crippen molar-refractivity contribution in [3.8, 4) is 0 Å². The number of nitrogens with zero attached hydrogens (tertiary/aromatic N) is 1. The average Bonchev–Trinajstić information content (AvgIpc) is 3.04. The van der Waals surface area contributed by atoms with Crippen LogP contribution in [-0.2, 0) is 20.6 Å². The normalized spacial score (nSPS) is 31.1. The Kier molecular flexibility index (Phi) is 6.03. The third kappa shape index (κ3) is 4.43. The molecule has 0 aliphatic carbocycles. The highest BCUT2D eigenvalue weighted by molar-refractivity contribution is 5.15. The van der Waals surface area contributed by atoms with Crippen molar-refractivity contribution in [3.05, 3.63) is 35.9 Å². The van der Waals surface area contributed by atoms with Gasteiger partial charge in [0.15, 0.2) is 0 Å². The zero-order valence-electron chi connectivity index (χ0n) is 15.1. The first kappa shape index (κ1) is 17.5. The number of fused-ring (bicyclic) bond motifs is 1. The Morgan fingerprint density at radius 3 is 2.72 bits per heavy atom. The van der Waals surface area contributed by atoms with Gasteiger partial charge in [0.1, 0.15) is 6.10 Å². The van der Waals surface area contributed by atoms with Gasteiger partial charge < -0.3 is 14.2 Å². The van der Waals surface area contributed by atoms with Crippen LogP contribution in [0.2, 0.25) is 0 Å². The molecule has 138 valence electrons. The molecule has 3 atom stereocenters. The van der Waals surface area contributed by atoms with Crippen molar-refractivity contribution in [2.24, 2.45) is 5.92 Å². The quantitative estimate of drug-likeness (QED) is 0.793. The molecule has 0 aromatic heterocycles. The largest absolute Gasteiger partial charge is 0.381 e. The lowest BCUT2D eigenvalue weighted by atomic mass is 10.0. The van der Waals surface area contributed by atoms with Crippen LogP contribution in [0.3, 0.4) is 0 Å². The summed E-state index contributed by atoms with van der Waals surface area (Å²) in [5.74, 6) is 0.661. The molecule has 3 saturated heterocycles. The van der Waals surface area contributed by atoms with Gasteiger partial charge in [0.05, 0.1) is 12.7 Å². The fraction of sp³-hybridized carbons (Fsp3) is 0.714. The summed E-state index contributed by atoms with van der Waals surface area (Å²) in [4.78, 5) is 2.62. The van der Waals surface area contributed by atoms with E-state index in [9.17, 15) is 0 Å². The van der Waals surface area contributed by atoms with Crippen molar-refractivity contribution in [1.82, 2.24) is 4.90 Å². The fourth-order valence-electron chi connectivity index (χ4n) is 4.50. The van der Waals surface area contributed by atoms with Crippen LogP contribution in [0.25, 0.3) is 0 Å². The monoisotopic (exact) mass is 345 g/mol. The van der Waals surface area contributed by atoms with E-state index in [1.54, 1.807) is 0 Å². The number of rotatable bonds is 6. The van der Waals surface area contributed by atoms with E-state index in [1.165, 1.54) is 18.4 Å². The molecule has 0 unspecified atom stereocenters. The molecule has 0 radical (unpaired) electrons. The Hall–Kier alpha value is -0.940. The third-order valence-electron chi connectivity index (χ3n) is 6.00. The maximum atomic E-state index is 6.37. The van der Waals surface area contributed by atoms with Crippen molar-refractivity contribution >= 4 is 0 Å². The number of likely N-dealkylation sites (tertiary alicyclic amines) is 1. The van der Waals surface area contributed by atoms with Gasteiger partial charge in [0, 0.05) is 39.0 Å². The minimum Gasteiger partial charge on any atom is -0.381 e. The summed E-state index contributed by atoms with van der Waals surface area (Å²) >= 11 is 0. The highest BCUT2D eigenvalue weighted by Crippen LogP contribution is 2.31. The molecule has 4 rings (SSSR count). The molecule has 1 aromatic carbocycles. The number of ether oxygens (including phenoxy) is 3. The molecule has 3 aliphatic rings. The van der Waals surface area contributed by atoms with Gasteiger partial charge in [0.25, 0.3) is 0 Å². The standard InChI is InChI=1S/C21H31NO3/c1-2-5-17(6-3-1)8-11-22-15-20(21-19(22)7-4-12-24-21)25-16-18-9-13-23-14-10-18/h1-3,5-6,18-21H,4,7-16H2/t19-,20+,21+/m0/s1. The summed E-state index contributed by atoms with van der Waals surface area (Å²) in [6, 6.07) is 11.3. The maximum Gasteiger partial charge on any atom is 0.100 e. The molecule has 3 fully saturated rings. The lowest BCUT2D eigenvalue weighted by molar-refractivity contribution is -0.0891. The zero-order valence-corrected chi connectivity index (χ0v) is 15.1. The summed E-state index contributed by atoms with van der Waals surface area (Å²) in [6.45, 7) is 5.67. The topological polar surface area (TPSA) is 30.9 Å². The molecule has 25 heavy (non-hydrogen) atoms. The molecule has 0 saturated carbocycles. The molecule has 0 spiro atoms. The molecule has 0 bridgehead atoms. The second-order valence-corrected chi connectivity index (χ2v) is 7.70. The first-order chi connectivity index (χ1) is 12.4. The minimum absolute atomic E-state index is 0.240. The van der Waals surface area contributed by atoms with E-state index < -0.39 is 0 Å². The molecule has 4 nitrogen and oxygen atoms in total. The summed E-state index contributed by atoms with van der Waals surface area (Å²) in [5.41, 5.74) is 1.42. The highest BCUT2D eigenvalue weighted by atomic mass is 16.5. The number of benzene rings is 1. The zero-order chi connectivity index (χ0) is 16.9. The van der Waals surface area contributed by atoms with Gasteiger partial charge in [-0.2, -0.15) is 0 Å². The second kappa shape index (κ2) is 8.63. The lowest BCUT2D eigenvalue weighted by Crippen LogP contribution is -2.42. The van der Waals surface area contributed by atoms with Crippen molar-refractivity contribution in [3.63, 3.8) is 0 Å². The van der Waals surface area contributed by atoms with Crippen LogP contribution in [-0.4, -0.2) is 62.7 Å². The van der Waals surface area contributed by atoms with Crippen LogP contribution in [0, 0.1) is 5.92 Å². The summed E-state index contributed by atoms with van der Waals surface area (Å²) in [6.07, 6.45) is 6.32. The third-order valence-corrected chi connectivity index (χ3v) is 6.00. The van der Waals surface area contributed by atoms with E-state index in [4.69, 9.17) is 14.2 Å². The molecular weight excluding hydrogens is 314 g/mol. The van der Waals surface area contributed by atoms with Gasteiger partial charge in [-0.05, 0) is 43.6 Å². The van der Waals surface area contributed by atoms with Gasteiger partial charge in [-0.15, -0.1) is 0 Å². The van der Waals surface area contributed by atoms with Gasteiger partial charge >= 0.3 is 0 Å².